The van der Waals surface area contributed by atoms with Gasteiger partial charge in [-0.1, -0.05) is 42.5 Å². The number of piperazine rings is 1. The lowest BCUT2D eigenvalue weighted by atomic mass is 9.60. The van der Waals surface area contributed by atoms with E-state index in [-0.39, 0.29) is 48.2 Å². The first kappa shape index (κ1) is 44.1. The van der Waals surface area contributed by atoms with Crippen LogP contribution in [-0.4, -0.2) is 135 Å². The Balaban J connectivity index is 0.569. The summed E-state index contributed by atoms with van der Waals surface area (Å²) in [6.45, 7) is 9.18. The molecule has 5 aromatic rings. The fraction of sp³-hybridized carbons (Fsp3) is 0.481. The van der Waals surface area contributed by atoms with Crippen molar-refractivity contribution in [2.75, 3.05) is 75.7 Å². The number of ether oxygens (including phenoxy) is 1. The van der Waals surface area contributed by atoms with Gasteiger partial charge in [-0.3, -0.25) is 29.4 Å². The number of imide groups is 1. The predicted molar refractivity (Wildman–Crippen MR) is 257 cm³/mol. The van der Waals surface area contributed by atoms with Crippen molar-refractivity contribution in [3.8, 4) is 5.75 Å². The number of fused-ring (bicyclic) bond motifs is 1. The molecule has 1 atom stereocenters. The second-order valence-corrected chi connectivity index (χ2v) is 20.2. The van der Waals surface area contributed by atoms with Gasteiger partial charge >= 0.3 is 0 Å². The van der Waals surface area contributed by atoms with Crippen LogP contribution in [-0.2, 0) is 25.6 Å². The van der Waals surface area contributed by atoms with E-state index in [0.717, 1.165) is 99.7 Å². The molecule has 6 heterocycles. The highest BCUT2D eigenvalue weighted by molar-refractivity contribution is 6.01. The monoisotopic (exact) mass is 919 g/mol. The quantitative estimate of drug-likeness (QED) is 0.127. The number of piperidine rings is 2. The fourth-order valence-electron chi connectivity index (χ4n) is 11.6. The van der Waals surface area contributed by atoms with Crippen molar-refractivity contribution in [2.24, 2.45) is 11.3 Å². The number of carbonyl (C=O) groups excluding carboxylic acids is 4. The molecule has 11 rings (SSSR count). The van der Waals surface area contributed by atoms with E-state index < -0.39 is 0 Å². The van der Waals surface area contributed by atoms with Gasteiger partial charge in [0.25, 0.3) is 5.91 Å². The fourth-order valence-corrected chi connectivity index (χ4v) is 11.6. The minimum absolute atomic E-state index is 0.00529. The third kappa shape index (κ3) is 9.53. The molecule has 0 bridgehead atoms. The van der Waals surface area contributed by atoms with Crippen LogP contribution in [0.25, 0.3) is 11.2 Å². The van der Waals surface area contributed by atoms with Crippen LogP contribution in [0.1, 0.15) is 74.5 Å². The number of nitrogens with zero attached hydrogens (tertiary/aromatic N) is 8. The molecule has 354 valence electrons. The Bertz CT molecular complexity index is 2610. The highest BCUT2D eigenvalue weighted by Crippen LogP contribution is 2.51. The van der Waals surface area contributed by atoms with Gasteiger partial charge in [-0.05, 0) is 111 Å². The summed E-state index contributed by atoms with van der Waals surface area (Å²) in [6.07, 6.45) is 11.6. The number of rotatable bonds is 14. The van der Waals surface area contributed by atoms with Crippen molar-refractivity contribution in [1.29, 1.82) is 0 Å². The standard InChI is InChI=1S/C52H61N11O5/c64-45-15-14-44(51(67)58-45)37-6-12-43(13-7-37)68-32-47(66)62-30-36(31-62)29-59-18-16-52(17-19-59)27-42(28-52)61-22-20-60(21-23-61)40-10-8-38(9-11-40)57-49-48-50(54-33-53-49)63(34-55-48)41-25-39(26-41)56-46(65)24-35-4-2-1-3-5-35/h1-13,33-34,36,39,41-42,44H,14-32H2,(H,56,65)(H,53,54,57)(H,58,64,67). The number of benzene rings is 3. The first-order valence-electron chi connectivity index (χ1n) is 24.6. The van der Waals surface area contributed by atoms with Gasteiger partial charge in [0.1, 0.15) is 12.1 Å². The van der Waals surface area contributed by atoms with Gasteiger partial charge in [0.05, 0.1) is 18.7 Å². The zero-order valence-electron chi connectivity index (χ0n) is 38.6. The lowest BCUT2D eigenvalue weighted by Crippen LogP contribution is -2.60. The average Bonchev–Trinajstić information content (AvgIpc) is 3.75. The first-order valence-corrected chi connectivity index (χ1v) is 24.6. The van der Waals surface area contributed by atoms with Crippen LogP contribution in [0.2, 0.25) is 0 Å². The third-order valence-corrected chi connectivity index (χ3v) is 15.7. The second kappa shape index (κ2) is 18.9. The number of imidazole rings is 1. The summed E-state index contributed by atoms with van der Waals surface area (Å²) in [5.41, 5.74) is 6.10. The molecule has 6 aliphatic rings. The Hall–Kier alpha value is -6.39. The maximum Gasteiger partial charge on any atom is 0.260 e. The molecule has 68 heavy (non-hydrogen) atoms. The SMILES string of the molecule is O=C1CCC(c2ccc(OCC(=O)N3CC(CN4CCC5(CC4)CC(N4CCN(c6ccc(Nc7ncnc8c7ncn8C7CC(NC(=O)Cc8ccccc8)C7)cc6)CC4)C5)C3)cc2)C(=O)N1. The third-order valence-electron chi connectivity index (χ3n) is 15.7. The van der Waals surface area contributed by atoms with Gasteiger partial charge in [-0.15, -0.1) is 0 Å². The summed E-state index contributed by atoms with van der Waals surface area (Å²) in [6, 6.07) is 26.8. The van der Waals surface area contributed by atoms with Gasteiger partial charge < -0.3 is 34.6 Å². The molecule has 4 aliphatic heterocycles. The molecule has 2 saturated carbocycles. The molecular weight excluding hydrogens is 859 g/mol. The molecular formula is C52H61N11O5. The van der Waals surface area contributed by atoms with E-state index in [4.69, 9.17) is 9.72 Å². The van der Waals surface area contributed by atoms with E-state index in [0.29, 0.717) is 48.2 Å². The van der Waals surface area contributed by atoms with E-state index in [1.54, 1.807) is 18.5 Å². The van der Waals surface area contributed by atoms with Gasteiger partial charge in [0.15, 0.2) is 23.6 Å². The van der Waals surface area contributed by atoms with Gasteiger partial charge in [0, 0.05) is 87.7 Å². The zero-order valence-corrected chi connectivity index (χ0v) is 38.6. The largest absolute Gasteiger partial charge is 0.484 e. The molecule has 0 radical (unpaired) electrons. The van der Waals surface area contributed by atoms with Crippen LogP contribution in [0.5, 0.6) is 5.75 Å². The summed E-state index contributed by atoms with van der Waals surface area (Å²) < 4.78 is 7.91. The van der Waals surface area contributed by atoms with Gasteiger partial charge in [-0.2, -0.15) is 0 Å². The van der Waals surface area contributed by atoms with Crippen molar-refractivity contribution < 1.29 is 23.9 Å². The van der Waals surface area contributed by atoms with Crippen molar-refractivity contribution in [2.45, 2.75) is 81.8 Å². The lowest BCUT2D eigenvalue weighted by Gasteiger charge is -2.57. The van der Waals surface area contributed by atoms with Crippen LogP contribution in [0.4, 0.5) is 17.2 Å². The van der Waals surface area contributed by atoms with E-state index >= 15 is 0 Å². The zero-order chi connectivity index (χ0) is 46.2. The van der Waals surface area contributed by atoms with Crippen LogP contribution in [0.15, 0.2) is 91.5 Å². The lowest BCUT2D eigenvalue weighted by molar-refractivity contribution is -0.140. The van der Waals surface area contributed by atoms with Crippen molar-refractivity contribution >= 4 is 52.0 Å². The Kier molecular flexibility index (Phi) is 12.3. The highest BCUT2D eigenvalue weighted by atomic mass is 16.5. The molecule has 16 nitrogen and oxygen atoms in total. The Morgan fingerprint density at radius 3 is 2.31 bits per heavy atom. The van der Waals surface area contributed by atoms with Crippen LogP contribution < -0.4 is 25.6 Å². The first-order chi connectivity index (χ1) is 33.2. The number of anilines is 3. The number of carbonyl (C=O) groups is 4. The molecule has 2 aliphatic carbocycles. The van der Waals surface area contributed by atoms with E-state index in [1.807, 2.05) is 53.7 Å². The number of nitrogens with one attached hydrogen (secondary N) is 3. The molecule has 1 spiro atoms. The van der Waals surface area contributed by atoms with Crippen molar-refractivity contribution in [3.63, 3.8) is 0 Å². The molecule has 4 amide bonds. The number of likely N-dealkylation sites (tertiary alicyclic amines) is 2. The number of aromatic nitrogens is 4. The van der Waals surface area contributed by atoms with Crippen LogP contribution >= 0.6 is 0 Å². The van der Waals surface area contributed by atoms with Crippen molar-refractivity contribution in [3.05, 3.63) is 103 Å². The highest BCUT2D eigenvalue weighted by Gasteiger charge is 2.48. The molecule has 2 aromatic heterocycles. The minimum atomic E-state index is -0.334. The second-order valence-electron chi connectivity index (χ2n) is 20.2. The van der Waals surface area contributed by atoms with E-state index in [1.165, 1.54) is 31.4 Å². The van der Waals surface area contributed by atoms with Crippen LogP contribution in [0, 0.1) is 11.3 Å². The summed E-state index contributed by atoms with van der Waals surface area (Å²) in [5.74, 6) is 1.05. The Labute approximate surface area is 396 Å². The molecule has 4 saturated heterocycles. The molecule has 6 fully saturated rings. The predicted octanol–water partition coefficient (Wildman–Crippen LogP) is 5.06. The van der Waals surface area contributed by atoms with Crippen LogP contribution in [0.3, 0.4) is 0 Å². The Morgan fingerprint density at radius 1 is 0.824 bits per heavy atom. The number of hydrogen-bond donors (Lipinski definition) is 3. The van der Waals surface area contributed by atoms with E-state index in [9.17, 15) is 19.2 Å². The van der Waals surface area contributed by atoms with E-state index in [2.05, 4.69) is 69.5 Å². The maximum absolute atomic E-state index is 12.9. The number of amides is 4. The summed E-state index contributed by atoms with van der Waals surface area (Å²) in [7, 11) is 0. The maximum atomic E-state index is 12.9. The minimum Gasteiger partial charge on any atom is -0.484 e. The van der Waals surface area contributed by atoms with Crippen molar-refractivity contribution in [1.82, 2.24) is 44.9 Å². The van der Waals surface area contributed by atoms with Gasteiger partial charge in [0.2, 0.25) is 17.7 Å². The summed E-state index contributed by atoms with van der Waals surface area (Å²) in [5, 5.41) is 9.07. The smallest absolute Gasteiger partial charge is 0.260 e. The topological polar surface area (TPSA) is 170 Å². The average molecular weight is 920 g/mol. The molecule has 16 heteroatoms. The Morgan fingerprint density at radius 2 is 1.57 bits per heavy atom. The molecule has 3 N–H and O–H groups in total. The molecule has 3 aromatic carbocycles. The normalized spacial score (nSPS) is 23.4. The number of hydrogen-bond acceptors (Lipinski definition) is 12. The van der Waals surface area contributed by atoms with Gasteiger partial charge in [-0.25, -0.2) is 15.0 Å². The summed E-state index contributed by atoms with van der Waals surface area (Å²) >= 11 is 0. The molecule has 1 unspecified atom stereocenters. The summed E-state index contributed by atoms with van der Waals surface area (Å²) in [4.78, 5) is 72.7.